The van der Waals surface area contributed by atoms with Gasteiger partial charge in [0.15, 0.2) is 5.65 Å². The van der Waals surface area contributed by atoms with Crippen molar-refractivity contribution in [2.45, 2.75) is 39.7 Å². The van der Waals surface area contributed by atoms with Crippen LogP contribution in [0.2, 0.25) is 0 Å². The van der Waals surface area contributed by atoms with Crippen LogP contribution in [0.15, 0.2) is 30.6 Å². The number of nitrogen functional groups attached to an aromatic ring is 1. The molecule has 0 spiro atoms. The van der Waals surface area contributed by atoms with Crippen molar-refractivity contribution in [3.63, 3.8) is 0 Å². The highest BCUT2D eigenvalue weighted by Crippen LogP contribution is 2.31. The summed E-state index contributed by atoms with van der Waals surface area (Å²) < 4.78 is 24.0. The summed E-state index contributed by atoms with van der Waals surface area (Å²) in [6, 6.07) is 7.79. The van der Waals surface area contributed by atoms with Crippen LogP contribution in [0, 0.1) is 0 Å². The number of ether oxygens (including phenoxy) is 4. The number of unbranched alkanes of at least 4 members (excludes halogenated alkanes) is 1. The van der Waals surface area contributed by atoms with E-state index in [9.17, 15) is 0 Å². The van der Waals surface area contributed by atoms with Crippen molar-refractivity contribution in [1.82, 2.24) is 19.7 Å². The van der Waals surface area contributed by atoms with E-state index in [1.807, 2.05) is 28.9 Å². The number of hydrogen-bond donors (Lipinski definition) is 1. The Kier molecular flexibility index (Phi) is 10.3. The molecule has 180 valence electrons. The number of aryl methyl sites for hydroxylation is 1. The molecule has 3 rings (SSSR count). The maximum Gasteiger partial charge on any atom is 0.163 e. The van der Waals surface area contributed by atoms with Crippen LogP contribution in [0.5, 0.6) is 5.75 Å². The summed E-state index contributed by atoms with van der Waals surface area (Å²) >= 11 is 0. The van der Waals surface area contributed by atoms with Gasteiger partial charge in [0, 0.05) is 18.7 Å². The average Bonchev–Trinajstić information content (AvgIpc) is 3.21. The number of rotatable bonds is 16. The van der Waals surface area contributed by atoms with Crippen molar-refractivity contribution in [3.8, 4) is 17.0 Å². The highest BCUT2D eigenvalue weighted by Gasteiger charge is 2.16. The number of nitrogens with zero attached hydrogens (tertiary/aromatic N) is 4. The minimum atomic E-state index is 0.438. The van der Waals surface area contributed by atoms with Gasteiger partial charge < -0.3 is 24.7 Å². The van der Waals surface area contributed by atoms with Crippen LogP contribution in [0.3, 0.4) is 0 Å². The van der Waals surface area contributed by atoms with E-state index in [4.69, 9.17) is 29.8 Å². The number of hydrogen-bond acceptors (Lipinski definition) is 8. The van der Waals surface area contributed by atoms with E-state index in [0.717, 1.165) is 60.5 Å². The first kappa shape index (κ1) is 24.9. The summed E-state index contributed by atoms with van der Waals surface area (Å²) in [5.41, 5.74) is 8.66. The lowest BCUT2D eigenvalue weighted by Gasteiger charge is -2.08. The summed E-state index contributed by atoms with van der Waals surface area (Å²) in [7, 11) is 0. The molecule has 3 aromatic rings. The Morgan fingerprint density at radius 3 is 2.15 bits per heavy atom. The van der Waals surface area contributed by atoms with E-state index >= 15 is 0 Å². The average molecular weight is 458 g/mol. The van der Waals surface area contributed by atoms with Crippen LogP contribution < -0.4 is 10.5 Å². The molecule has 0 radical (unpaired) electrons. The topological polar surface area (TPSA) is 107 Å². The molecule has 0 aliphatic carbocycles. The summed E-state index contributed by atoms with van der Waals surface area (Å²) in [5, 5.41) is 5.56. The van der Waals surface area contributed by atoms with E-state index in [1.165, 1.54) is 6.33 Å². The monoisotopic (exact) mass is 457 g/mol. The SMILES string of the molecule is CCCCn1nc(-c2ccc(OCCOCCOCCOCCC)cc2)c2c(N)ncnc21. The maximum absolute atomic E-state index is 6.16. The van der Waals surface area contributed by atoms with Gasteiger partial charge in [-0.25, -0.2) is 14.6 Å². The minimum Gasteiger partial charge on any atom is -0.491 e. The van der Waals surface area contributed by atoms with Crippen LogP contribution in [0.1, 0.15) is 33.1 Å². The zero-order valence-electron chi connectivity index (χ0n) is 19.7. The first-order chi connectivity index (χ1) is 16.2. The molecule has 1 aromatic carbocycles. The molecule has 0 aliphatic rings. The van der Waals surface area contributed by atoms with Gasteiger partial charge in [-0.15, -0.1) is 0 Å². The third kappa shape index (κ3) is 7.38. The third-order valence-corrected chi connectivity index (χ3v) is 5.00. The smallest absolute Gasteiger partial charge is 0.163 e. The molecule has 9 heteroatoms. The molecule has 2 N–H and O–H groups in total. The van der Waals surface area contributed by atoms with Crippen LogP contribution >= 0.6 is 0 Å². The van der Waals surface area contributed by atoms with Crippen molar-refractivity contribution < 1.29 is 18.9 Å². The maximum atomic E-state index is 6.16. The molecule has 0 amide bonds. The summed E-state index contributed by atoms with van der Waals surface area (Å²) in [6.07, 6.45) is 4.61. The van der Waals surface area contributed by atoms with Gasteiger partial charge in [-0.05, 0) is 37.1 Å². The molecule has 0 bridgehead atoms. The van der Waals surface area contributed by atoms with Crippen molar-refractivity contribution >= 4 is 16.9 Å². The fourth-order valence-electron chi connectivity index (χ4n) is 3.31. The van der Waals surface area contributed by atoms with Gasteiger partial charge in [-0.2, -0.15) is 5.10 Å². The predicted molar refractivity (Wildman–Crippen MR) is 128 cm³/mol. The van der Waals surface area contributed by atoms with Crippen LogP contribution in [-0.4, -0.2) is 66.0 Å². The van der Waals surface area contributed by atoms with E-state index < -0.39 is 0 Å². The largest absolute Gasteiger partial charge is 0.491 e. The molecule has 0 aliphatic heterocycles. The van der Waals surface area contributed by atoms with Crippen LogP contribution in [-0.2, 0) is 20.8 Å². The van der Waals surface area contributed by atoms with Crippen molar-refractivity contribution in [1.29, 1.82) is 0 Å². The Labute approximate surface area is 195 Å². The van der Waals surface area contributed by atoms with E-state index in [2.05, 4.69) is 23.8 Å². The second-order valence-electron chi connectivity index (χ2n) is 7.59. The Hall–Kier alpha value is -2.75. The van der Waals surface area contributed by atoms with E-state index in [-0.39, 0.29) is 0 Å². The van der Waals surface area contributed by atoms with Crippen LogP contribution in [0.25, 0.3) is 22.3 Å². The van der Waals surface area contributed by atoms with Crippen LogP contribution in [0.4, 0.5) is 5.82 Å². The Morgan fingerprint density at radius 2 is 1.48 bits per heavy atom. The molecule has 9 nitrogen and oxygen atoms in total. The van der Waals surface area contributed by atoms with Crippen molar-refractivity contribution in [2.24, 2.45) is 0 Å². The van der Waals surface area contributed by atoms with Crippen molar-refractivity contribution in [2.75, 3.05) is 52.0 Å². The second kappa shape index (κ2) is 13.7. The zero-order valence-corrected chi connectivity index (χ0v) is 19.7. The summed E-state index contributed by atoms with van der Waals surface area (Å²) in [6.45, 7) is 9.08. The van der Waals surface area contributed by atoms with Gasteiger partial charge in [0.2, 0.25) is 0 Å². The molecule has 0 atom stereocenters. The van der Waals surface area contributed by atoms with Crippen molar-refractivity contribution in [3.05, 3.63) is 30.6 Å². The van der Waals surface area contributed by atoms with Gasteiger partial charge in [-0.1, -0.05) is 20.3 Å². The van der Waals surface area contributed by atoms with E-state index in [1.54, 1.807) is 0 Å². The predicted octanol–water partition coefficient (Wildman–Crippen LogP) is 3.71. The Balaban J connectivity index is 1.46. The fourth-order valence-corrected chi connectivity index (χ4v) is 3.31. The zero-order chi connectivity index (χ0) is 23.3. The van der Waals surface area contributed by atoms with E-state index in [0.29, 0.717) is 45.5 Å². The molecule has 2 aromatic heterocycles. The third-order valence-electron chi connectivity index (χ3n) is 5.00. The highest BCUT2D eigenvalue weighted by atomic mass is 16.6. The number of fused-ring (bicyclic) bond motifs is 1. The normalized spacial score (nSPS) is 11.3. The molecule has 33 heavy (non-hydrogen) atoms. The minimum absolute atomic E-state index is 0.438. The Morgan fingerprint density at radius 1 is 0.818 bits per heavy atom. The number of aromatic nitrogens is 4. The molecule has 0 saturated carbocycles. The Bertz CT molecular complexity index is 961. The lowest BCUT2D eigenvalue weighted by molar-refractivity contribution is 0.00945. The first-order valence-electron chi connectivity index (χ1n) is 11.7. The lowest BCUT2D eigenvalue weighted by Crippen LogP contribution is -2.12. The van der Waals surface area contributed by atoms with Gasteiger partial charge in [0.1, 0.15) is 30.2 Å². The molecular formula is C24H35N5O4. The second-order valence-corrected chi connectivity index (χ2v) is 7.59. The quantitative estimate of drug-likeness (QED) is 0.324. The molecule has 0 saturated heterocycles. The lowest BCUT2D eigenvalue weighted by atomic mass is 10.1. The number of anilines is 1. The molecule has 0 fully saturated rings. The summed E-state index contributed by atoms with van der Waals surface area (Å²) in [5.74, 6) is 1.21. The molecular weight excluding hydrogens is 422 g/mol. The highest BCUT2D eigenvalue weighted by molar-refractivity contribution is 5.98. The summed E-state index contributed by atoms with van der Waals surface area (Å²) in [4.78, 5) is 8.56. The standard InChI is InChI=1S/C24H35N5O4/c1-3-5-10-29-24-21(23(25)26-18-27-24)22(28-29)19-6-8-20(9-7-19)33-17-16-32-15-14-31-13-12-30-11-4-2/h6-9,18H,3-5,10-17H2,1-2H3,(H2,25,26,27). The number of nitrogens with two attached hydrogens (primary N) is 1. The van der Waals surface area contributed by atoms with Gasteiger partial charge in [0.25, 0.3) is 0 Å². The van der Waals surface area contributed by atoms with Gasteiger partial charge in [0.05, 0.1) is 38.4 Å². The molecule has 2 heterocycles. The van der Waals surface area contributed by atoms with Gasteiger partial charge >= 0.3 is 0 Å². The fraction of sp³-hybridized carbons (Fsp3) is 0.542. The van der Waals surface area contributed by atoms with Gasteiger partial charge in [-0.3, -0.25) is 0 Å². The molecule has 0 unspecified atom stereocenters. The first-order valence-corrected chi connectivity index (χ1v) is 11.7. The number of benzene rings is 1.